The van der Waals surface area contributed by atoms with Gasteiger partial charge < -0.3 is 0 Å². The van der Waals surface area contributed by atoms with Crippen LogP contribution in [0.25, 0.3) is 0 Å². The topological polar surface area (TPSA) is 12.9 Å². The van der Waals surface area contributed by atoms with E-state index < -0.39 is 0 Å². The summed E-state index contributed by atoms with van der Waals surface area (Å²) in [6, 6.07) is 6.16. The second-order valence-corrected chi connectivity index (χ2v) is 6.48. The van der Waals surface area contributed by atoms with Gasteiger partial charge >= 0.3 is 0 Å². The molecule has 0 radical (unpaired) electrons. The van der Waals surface area contributed by atoms with Crippen molar-refractivity contribution in [3.8, 4) is 0 Å². The number of rotatable bonds is 3. The SMILES string of the molecule is Cc1cccnc1CC(Br)c1sccc1Br. The molecule has 0 aromatic carbocycles. The molecule has 16 heavy (non-hydrogen) atoms. The number of halogens is 2. The molecule has 1 atom stereocenters. The van der Waals surface area contributed by atoms with Crippen LogP contribution < -0.4 is 0 Å². The minimum atomic E-state index is 0.329. The van der Waals surface area contributed by atoms with E-state index in [0.29, 0.717) is 4.83 Å². The molecule has 0 aliphatic heterocycles. The lowest BCUT2D eigenvalue weighted by Gasteiger charge is -2.09. The summed E-state index contributed by atoms with van der Waals surface area (Å²) in [4.78, 5) is 6.07. The van der Waals surface area contributed by atoms with Crippen LogP contribution in [0, 0.1) is 6.92 Å². The smallest absolute Gasteiger partial charge is 0.0555 e. The van der Waals surface area contributed by atoms with Crippen molar-refractivity contribution in [3.63, 3.8) is 0 Å². The fourth-order valence-corrected chi connectivity index (χ4v) is 4.33. The van der Waals surface area contributed by atoms with Crippen LogP contribution in [0.2, 0.25) is 0 Å². The summed E-state index contributed by atoms with van der Waals surface area (Å²) < 4.78 is 1.17. The lowest BCUT2D eigenvalue weighted by molar-refractivity contribution is 0.903. The molecule has 84 valence electrons. The Morgan fingerprint density at radius 3 is 2.88 bits per heavy atom. The third-order valence-corrected chi connectivity index (χ3v) is 5.49. The van der Waals surface area contributed by atoms with E-state index in [9.17, 15) is 0 Å². The lowest BCUT2D eigenvalue weighted by Crippen LogP contribution is -1.98. The molecule has 0 amide bonds. The zero-order valence-electron chi connectivity index (χ0n) is 8.78. The van der Waals surface area contributed by atoms with E-state index in [1.165, 1.54) is 14.9 Å². The van der Waals surface area contributed by atoms with Gasteiger partial charge in [0.1, 0.15) is 0 Å². The molecule has 0 bridgehead atoms. The molecule has 0 fully saturated rings. The lowest BCUT2D eigenvalue weighted by atomic mass is 10.1. The van der Waals surface area contributed by atoms with Crippen molar-refractivity contribution in [2.24, 2.45) is 0 Å². The van der Waals surface area contributed by atoms with Crippen LogP contribution in [0.3, 0.4) is 0 Å². The van der Waals surface area contributed by atoms with Crippen molar-refractivity contribution in [2.45, 2.75) is 18.2 Å². The summed E-state index contributed by atoms with van der Waals surface area (Å²) in [7, 11) is 0. The summed E-state index contributed by atoms with van der Waals surface area (Å²) in [5.74, 6) is 0. The summed E-state index contributed by atoms with van der Waals surface area (Å²) in [5, 5.41) is 2.10. The van der Waals surface area contributed by atoms with Gasteiger partial charge in [-0.25, -0.2) is 0 Å². The van der Waals surface area contributed by atoms with E-state index in [4.69, 9.17) is 0 Å². The predicted molar refractivity (Wildman–Crippen MR) is 76.4 cm³/mol. The highest BCUT2D eigenvalue weighted by atomic mass is 79.9. The molecular formula is C12H11Br2NS. The standard InChI is InChI=1S/C12H11Br2NS/c1-8-3-2-5-15-11(8)7-10(14)12-9(13)4-6-16-12/h2-6,10H,7H2,1H3. The summed E-state index contributed by atoms with van der Waals surface area (Å²) in [5.41, 5.74) is 2.41. The van der Waals surface area contributed by atoms with Gasteiger partial charge in [0.25, 0.3) is 0 Å². The molecule has 2 rings (SSSR count). The summed E-state index contributed by atoms with van der Waals surface area (Å²) in [6.07, 6.45) is 2.78. The molecule has 0 N–H and O–H groups in total. The van der Waals surface area contributed by atoms with E-state index in [2.05, 4.69) is 61.3 Å². The quantitative estimate of drug-likeness (QED) is 0.710. The monoisotopic (exact) mass is 359 g/mol. The average Bonchev–Trinajstić information content (AvgIpc) is 2.68. The minimum absolute atomic E-state index is 0.329. The normalized spacial score (nSPS) is 12.7. The van der Waals surface area contributed by atoms with E-state index in [1.807, 2.05) is 12.3 Å². The number of pyridine rings is 1. The number of aryl methyl sites for hydroxylation is 1. The van der Waals surface area contributed by atoms with Crippen molar-refractivity contribution < 1.29 is 0 Å². The maximum atomic E-state index is 4.42. The van der Waals surface area contributed by atoms with Crippen LogP contribution in [0.1, 0.15) is 21.0 Å². The third-order valence-electron chi connectivity index (χ3n) is 2.42. The van der Waals surface area contributed by atoms with Crippen molar-refractivity contribution in [3.05, 3.63) is 50.4 Å². The molecule has 2 aromatic heterocycles. The largest absolute Gasteiger partial charge is 0.261 e. The molecule has 0 aliphatic rings. The van der Waals surface area contributed by atoms with Gasteiger partial charge in [-0.15, -0.1) is 11.3 Å². The van der Waals surface area contributed by atoms with E-state index in [0.717, 1.165) is 12.1 Å². The van der Waals surface area contributed by atoms with Crippen LogP contribution >= 0.6 is 43.2 Å². The number of hydrogen-bond donors (Lipinski definition) is 0. The van der Waals surface area contributed by atoms with Gasteiger partial charge in [-0.1, -0.05) is 22.0 Å². The first-order valence-electron chi connectivity index (χ1n) is 4.96. The highest BCUT2D eigenvalue weighted by Gasteiger charge is 2.14. The molecule has 2 aromatic rings. The fourth-order valence-electron chi connectivity index (χ4n) is 1.52. The van der Waals surface area contributed by atoms with Crippen molar-refractivity contribution in [2.75, 3.05) is 0 Å². The second-order valence-electron chi connectivity index (χ2n) is 3.57. The summed E-state index contributed by atoms with van der Waals surface area (Å²) >= 11 is 9.05. The maximum absolute atomic E-state index is 4.42. The van der Waals surface area contributed by atoms with Crippen molar-refractivity contribution in [1.29, 1.82) is 0 Å². The Morgan fingerprint density at radius 1 is 1.44 bits per heavy atom. The third kappa shape index (κ3) is 2.73. The van der Waals surface area contributed by atoms with Gasteiger partial charge in [0.15, 0.2) is 0 Å². The molecule has 0 aliphatic carbocycles. The molecule has 0 saturated carbocycles. The molecule has 1 unspecified atom stereocenters. The zero-order chi connectivity index (χ0) is 11.5. The van der Waals surface area contributed by atoms with Crippen LogP contribution in [0.4, 0.5) is 0 Å². The molecule has 0 spiro atoms. The Kier molecular flexibility index (Phi) is 4.16. The maximum Gasteiger partial charge on any atom is 0.0555 e. The first kappa shape index (κ1) is 12.3. The first-order valence-corrected chi connectivity index (χ1v) is 7.54. The van der Waals surface area contributed by atoms with E-state index in [1.54, 1.807) is 11.3 Å². The number of alkyl halides is 1. The van der Waals surface area contributed by atoms with Gasteiger partial charge in [-0.3, -0.25) is 4.98 Å². The van der Waals surface area contributed by atoms with Gasteiger partial charge in [0.05, 0.1) is 4.83 Å². The van der Waals surface area contributed by atoms with Crippen LogP contribution in [-0.2, 0) is 6.42 Å². The number of aromatic nitrogens is 1. The minimum Gasteiger partial charge on any atom is -0.261 e. The van der Waals surface area contributed by atoms with Gasteiger partial charge in [-0.05, 0) is 45.9 Å². The van der Waals surface area contributed by atoms with E-state index in [-0.39, 0.29) is 0 Å². The van der Waals surface area contributed by atoms with Gasteiger partial charge in [-0.2, -0.15) is 0 Å². The molecular weight excluding hydrogens is 350 g/mol. The Hall–Kier alpha value is -0.190. The highest BCUT2D eigenvalue weighted by molar-refractivity contribution is 9.11. The Bertz CT molecular complexity index is 481. The average molecular weight is 361 g/mol. The Labute approximate surface area is 116 Å². The molecule has 4 heteroatoms. The van der Waals surface area contributed by atoms with Crippen LogP contribution in [0.5, 0.6) is 0 Å². The second kappa shape index (κ2) is 5.43. The Balaban J connectivity index is 2.17. The Morgan fingerprint density at radius 2 is 2.25 bits per heavy atom. The van der Waals surface area contributed by atoms with Crippen molar-refractivity contribution >= 4 is 43.2 Å². The van der Waals surface area contributed by atoms with Crippen LogP contribution in [0.15, 0.2) is 34.2 Å². The zero-order valence-corrected chi connectivity index (χ0v) is 12.8. The first-order chi connectivity index (χ1) is 7.68. The number of thiophene rings is 1. The van der Waals surface area contributed by atoms with Crippen LogP contribution in [-0.4, -0.2) is 4.98 Å². The van der Waals surface area contributed by atoms with E-state index >= 15 is 0 Å². The van der Waals surface area contributed by atoms with Crippen molar-refractivity contribution in [1.82, 2.24) is 4.98 Å². The van der Waals surface area contributed by atoms with Gasteiger partial charge in [0, 0.05) is 27.7 Å². The number of hydrogen-bond acceptors (Lipinski definition) is 2. The summed E-state index contributed by atoms with van der Waals surface area (Å²) in [6.45, 7) is 2.10. The highest BCUT2D eigenvalue weighted by Crippen LogP contribution is 2.36. The molecule has 1 nitrogen and oxygen atoms in total. The number of nitrogens with zero attached hydrogens (tertiary/aromatic N) is 1. The van der Waals surface area contributed by atoms with Gasteiger partial charge in [0.2, 0.25) is 0 Å². The predicted octanol–water partition coefficient (Wildman–Crippen LogP) is 4.89. The fraction of sp³-hybridized carbons (Fsp3) is 0.250. The molecule has 0 saturated heterocycles. The molecule has 2 heterocycles.